The van der Waals surface area contributed by atoms with E-state index in [2.05, 4.69) is 20.9 Å². The third kappa shape index (κ3) is 4.27. The van der Waals surface area contributed by atoms with Crippen LogP contribution in [-0.2, 0) is 6.54 Å². The van der Waals surface area contributed by atoms with E-state index < -0.39 is 0 Å². The predicted octanol–water partition coefficient (Wildman–Crippen LogP) is 4.97. The van der Waals surface area contributed by atoms with E-state index in [1.165, 1.54) is 0 Å². The molecule has 0 spiro atoms. The van der Waals surface area contributed by atoms with Gasteiger partial charge in [0, 0.05) is 47.8 Å². The van der Waals surface area contributed by atoms with E-state index >= 15 is 0 Å². The quantitative estimate of drug-likeness (QED) is 0.434. The molecule has 144 valence electrons. The normalized spacial score (nSPS) is 10.7. The maximum atomic E-state index is 12.9. The number of nitrogens with zero attached hydrogens (tertiary/aromatic N) is 4. The van der Waals surface area contributed by atoms with E-state index in [-0.39, 0.29) is 5.91 Å². The molecule has 0 aliphatic carbocycles. The van der Waals surface area contributed by atoms with Crippen LogP contribution in [0.2, 0.25) is 0 Å². The van der Waals surface area contributed by atoms with Crippen molar-refractivity contribution < 1.29 is 4.79 Å². The number of hydrogen-bond donors (Lipinski definition) is 0. The molecule has 0 fully saturated rings. The SMILES string of the molecule is CN(Cc1cn(-c2ccccc2)nc1-c1ccccc1)C(=O)c1cncc(Br)c1. The van der Waals surface area contributed by atoms with Crippen molar-refractivity contribution in [1.29, 1.82) is 0 Å². The molecule has 0 radical (unpaired) electrons. The Morgan fingerprint density at radius 2 is 1.72 bits per heavy atom. The van der Waals surface area contributed by atoms with Crippen LogP contribution < -0.4 is 0 Å². The van der Waals surface area contributed by atoms with Crippen LogP contribution in [0.15, 0.2) is 89.8 Å². The minimum absolute atomic E-state index is 0.0923. The molecule has 2 heterocycles. The van der Waals surface area contributed by atoms with Crippen molar-refractivity contribution in [3.63, 3.8) is 0 Å². The number of carbonyl (C=O) groups excluding carboxylic acids is 1. The molecule has 6 heteroatoms. The van der Waals surface area contributed by atoms with Gasteiger partial charge in [0.25, 0.3) is 5.91 Å². The largest absolute Gasteiger partial charge is 0.337 e. The van der Waals surface area contributed by atoms with E-state index in [1.54, 1.807) is 30.4 Å². The first kappa shape index (κ1) is 19.1. The van der Waals surface area contributed by atoms with Gasteiger partial charge in [0.2, 0.25) is 0 Å². The summed E-state index contributed by atoms with van der Waals surface area (Å²) in [6.07, 6.45) is 5.23. The Labute approximate surface area is 177 Å². The summed E-state index contributed by atoms with van der Waals surface area (Å²) in [6.45, 7) is 0.433. The first-order valence-corrected chi connectivity index (χ1v) is 9.96. The smallest absolute Gasteiger partial charge is 0.255 e. The first-order chi connectivity index (χ1) is 14.1. The van der Waals surface area contributed by atoms with Gasteiger partial charge in [0.1, 0.15) is 0 Å². The Hall–Kier alpha value is -3.25. The van der Waals surface area contributed by atoms with E-state index in [0.29, 0.717) is 12.1 Å². The predicted molar refractivity (Wildman–Crippen MR) is 117 cm³/mol. The van der Waals surface area contributed by atoms with Crippen LogP contribution in [0.4, 0.5) is 0 Å². The van der Waals surface area contributed by atoms with Gasteiger partial charge in [-0.25, -0.2) is 4.68 Å². The lowest BCUT2D eigenvalue weighted by atomic mass is 10.1. The summed E-state index contributed by atoms with van der Waals surface area (Å²) in [5, 5.41) is 4.81. The number of para-hydroxylation sites is 1. The molecule has 0 saturated carbocycles. The van der Waals surface area contributed by atoms with Gasteiger partial charge in [-0.05, 0) is 34.1 Å². The maximum absolute atomic E-state index is 12.9. The highest BCUT2D eigenvalue weighted by Gasteiger charge is 2.18. The zero-order chi connectivity index (χ0) is 20.2. The van der Waals surface area contributed by atoms with Gasteiger partial charge < -0.3 is 4.90 Å². The zero-order valence-corrected chi connectivity index (χ0v) is 17.5. The van der Waals surface area contributed by atoms with Gasteiger partial charge in [0.05, 0.1) is 16.9 Å². The van der Waals surface area contributed by atoms with Crippen molar-refractivity contribution in [3.05, 3.63) is 101 Å². The second-order valence-electron chi connectivity index (χ2n) is 6.70. The minimum Gasteiger partial charge on any atom is -0.337 e. The van der Waals surface area contributed by atoms with Crippen molar-refractivity contribution in [2.45, 2.75) is 6.54 Å². The first-order valence-electron chi connectivity index (χ1n) is 9.17. The van der Waals surface area contributed by atoms with Crippen LogP contribution in [0.1, 0.15) is 15.9 Å². The number of benzene rings is 2. The van der Waals surface area contributed by atoms with Crippen LogP contribution in [-0.4, -0.2) is 32.6 Å². The van der Waals surface area contributed by atoms with Gasteiger partial charge in [-0.2, -0.15) is 5.10 Å². The van der Waals surface area contributed by atoms with Gasteiger partial charge in [-0.1, -0.05) is 48.5 Å². The van der Waals surface area contributed by atoms with Gasteiger partial charge in [-0.3, -0.25) is 9.78 Å². The summed E-state index contributed by atoms with van der Waals surface area (Å²) in [4.78, 5) is 18.6. The Morgan fingerprint density at radius 1 is 1.03 bits per heavy atom. The number of carbonyl (C=O) groups is 1. The van der Waals surface area contributed by atoms with Gasteiger partial charge >= 0.3 is 0 Å². The lowest BCUT2D eigenvalue weighted by Crippen LogP contribution is -2.26. The molecule has 4 rings (SSSR count). The Morgan fingerprint density at radius 3 is 2.41 bits per heavy atom. The van der Waals surface area contributed by atoms with Crippen molar-refractivity contribution in [1.82, 2.24) is 19.7 Å². The lowest BCUT2D eigenvalue weighted by Gasteiger charge is -2.17. The molecule has 5 nitrogen and oxygen atoms in total. The molecule has 2 aromatic heterocycles. The molecule has 0 atom stereocenters. The number of hydrogen-bond acceptors (Lipinski definition) is 3. The van der Waals surface area contributed by atoms with Crippen LogP contribution in [0, 0.1) is 0 Å². The fraction of sp³-hybridized carbons (Fsp3) is 0.0870. The molecule has 0 unspecified atom stereocenters. The van der Waals surface area contributed by atoms with Crippen molar-refractivity contribution in [2.24, 2.45) is 0 Å². The number of amides is 1. The molecule has 4 aromatic rings. The van der Waals surface area contributed by atoms with Gasteiger partial charge in [0.15, 0.2) is 0 Å². The van der Waals surface area contributed by atoms with Crippen molar-refractivity contribution >= 4 is 21.8 Å². The molecular formula is C23H19BrN4O. The monoisotopic (exact) mass is 446 g/mol. The standard InChI is InChI=1S/C23H19BrN4O/c1-27(23(29)18-12-20(24)14-25-13-18)15-19-16-28(21-10-6-3-7-11-21)26-22(19)17-8-4-2-5-9-17/h2-14,16H,15H2,1H3. The van der Waals surface area contributed by atoms with Crippen LogP contribution in [0.3, 0.4) is 0 Å². The van der Waals surface area contributed by atoms with Crippen LogP contribution in [0.5, 0.6) is 0 Å². The molecule has 0 bridgehead atoms. The molecule has 1 amide bonds. The second kappa shape index (κ2) is 8.41. The third-order valence-corrected chi connectivity index (χ3v) is 5.00. The molecule has 0 aliphatic heterocycles. The minimum atomic E-state index is -0.0923. The number of halogens is 1. The van der Waals surface area contributed by atoms with E-state index in [9.17, 15) is 4.79 Å². The highest BCUT2D eigenvalue weighted by Crippen LogP contribution is 2.25. The Bertz CT molecular complexity index is 1130. The second-order valence-corrected chi connectivity index (χ2v) is 7.62. The lowest BCUT2D eigenvalue weighted by molar-refractivity contribution is 0.0785. The molecule has 2 aromatic carbocycles. The maximum Gasteiger partial charge on any atom is 0.255 e. The molecule has 0 N–H and O–H groups in total. The molecule has 0 saturated heterocycles. The van der Waals surface area contributed by atoms with E-state index in [4.69, 9.17) is 5.10 Å². The van der Waals surface area contributed by atoms with E-state index in [0.717, 1.165) is 27.0 Å². The number of pyridine rings is 1. The van der Waals surface area contributed by atoms with Crippen molar-refractivity contribution in [2.75, 3.05) is 7.05 Å². The highest BCUT2D eigenvalue weighted by atomic mass is 79.9. The summed E-state index contributed by atoms with van der Waals surface area (Å²) >= 11 is 3.37. The van der Waals surface area contributed by atoms with Crippen LogP contribution in [0.25, 0.3) is 16.9 Å². The highest BCUT2D eigenvalue weighted by molar-refractivity contribution is 9.10. The summed E-state index contributed by atoms with van der Waals surface area (Å²) in [6, 6.07) is 21.7. The summed E-state index contributed by atoms with van der Waals surface area (Å²) < 4.78 is 2.63. The molecule has 0 aliphatic rings. The van der Waals surface area contributed by atoms with Crippen LogP contribution >= 0.6 is 15.9 Å². The number of aromatic nitrogens is 3. The third-order valence-electron chi connectivity index (χ3n) is 4.56. The van der Waals surface area contributed by atoms with E-state index in [1.807, 2.05) is 71.5 Å². The summed E-state index contributed by atoms with van der Waals surface area (Å²) in [5.41, 5.74) is 4.36. The Balaban J connectivity index is 1.68. The average Bonchev–Trinajstić information content (AvgIpc) is 3.18. The molecular weight excluding hydrogens is 428 g/mol. The fourth-order valence-electron chi connectivity index (χ4n) is 3.15. The summed E-state index contributed by atoms with van der Waals surface area (Å²) in [5.74, 6) is -0.0923. The number of rotatable bonds is 5. The zero-order valence-electron chi connectivity index (χ0n) is 15.9. The average molecular weight is 447 g/mol. The Kier molecular flexibility index (Phi) is 5.53. The topological polar surface area (TPSA) is 51.0 Å². The summed E-state index contributed by atoms with van der Waals surface area (Å²) in [7, 11) is 1.79. The van der Waals surface area contributed by atoms with Crippen molar-refractivity contribution in [3.8, 4) is 16.9 Å². The molecule has 29 heavy (non-hydrogen) atoms. The van der Waals surface area contributed by atoms with Gasteiger partial charge in [-0.15, -0.1) is 0 Å². The fourth-order valence-corrected chi connectivity index (χ4v) is 3.52.